The molecule has 6 nitrogen and oxygen atoms in total. The molecular formula is C14H12BrN3O3. The highest BCUT2D eigenvalue weighted by Crippen LogP contribution is 2.31. The first-order valence-corrected chi connectivity index (χ1v) is 6.99. The number of aromatic amines is 2. The predicted octanol–water partition coefficient (Wildman–Crippen LogP) is 2.64. The van der Waals surface area contributed by atoms with E-state index in [1.807, 2.05) is 0 Å². The van der Waals surface area contributed by atoms with Gasteiger partial charge in [0.05, 0.1) is 16.7 Å². The predicted molar refractivity (Wildman–Crippen MR) is 83.7 cm³/mol. The van der Waals surface area contributed by atoms with Crippen LogP contribution in [0.5, 0.6) is 11.5 Å². The van der Waals surface area contributed by atoms with Gasteiger partial charge in [-0.15, -0.1) is 0 Å². The van der Waals surface area contributed by atoms with Gasteiger partial charge in [-0.05, 0) is 34.1 Å². The van der Waals surface area contributed by atoms with Crippen LogP contribution in [-0.4, -0.2) is 20.2 Å². The molecule has 1 heterocycles. The van der Waals surface area contributed by atoms with E-state index >= 15 is 0 Å². The molecule has 2 aromatic carbocycles. The number of para-hydroxylation sites is 1. The molecule has 21 heavy (non-hydrogen) atoms. The number of fused-ring (bicyclic) bond motifs is 1. The van der Waals surface area contributed by atoms with E-state index in [0.29, 0.717) is 23.1 Å². The first kappa shape index (κ1) is 13.6. The Morgan fingerprint density at radius 2 is 1.86 bits per heavy atom. The lowest BCUT2D eigenvalue weighted by Gasteiger charge is -2.10. The molecule has 5 N–H and O–H groups in total. The Morgan fingerprint density at radius 3 is 2.62 bits per heavy atom. The topological polar surface area (TPSA) is 101 Å². The van der Waals surface area contributed by atoms with Gasteiger partial charge in [-0.3, -0.25) is 0 Å². The van der Waals surface area contributed by atoms with Crippen LogP contribution in [0.4, 0.5) is 5.69 Å². The molecule has 0 saturated heterocycles. The van der Waals surface area contributed by atoms with Crippen LogP contribution in [0.15, 0.2) is 39.6 Å². The minimum absolute atomic E-state index is 0.141. The summed E-state index contributed by atoms with van der Waals surface area (Å²) in [6, 6.07) is 8.38. The molecular weight excluding hydrogens is 338 g/mol. The van der Waals surface area contributed by atoms with Crippen LogP contribution in [0.1, 0.15) is 5.56 Å². The van der Waals surface area contributed by atoms with Gasteiger partial charge in [-0.25, -0.2) is 4.79 Å². The van der Waals surface area contributed by atoms with Crippen LogP contribution >= 0.6 is 15.9 Å². The number of hydrogen-bond acceptors (Lipinski definition) is 4. The molecule has 0 amide bonds. The standard InChI is InChI=1S/C14H12BrN3O3/c15-8-4-10-11(18-14(21)17-10)5-9(8)16-6-7-2-1-3-12(19)13(7)20/h1-5,16,19-20H,6H2,(H2,17,18,21). The average Bonchev–Trinajstić information content (AvgIpc) is 2.79. The van der Waals surface area contributed by atoms with E-state index in [-0.39, 0.29) is 17.2 Å². The Hall–Kier alpha value is -2.41. The number of benzene rings is 2. The number of phenolic OH excluding ortho intramolecular Hbond substituents is 2. The lowest BCUT2D eigenvalue weighted by molar-refractivity contribution is 0.400. The molecule has 108 valence electrons. The number of phenols is 2. The summed E-state index contributed by atoms with van der Waals surface area (Å²) < 4.78 is 0.782. The Kier molecular flexibility index (Phi) is 3.34. The molecule has 0 spiro atoms. The van der Waals surface area contributed by atoms with Crippen LogP contribution in [0.2, 0.25) is 0 Å². The van der Waals surface area contributed by atoms with Crippen molar-refractivity contribution in [2.24, 2.45) is 0 Å². The van der Waals surface area contributed by atoms with Crippen molar-refractivity contribution in [1.82, 2.24) is 9.97 Å². The molecule has 0 fully saturated rings. The number of rotatable bonds is 3. The third-order valence-electron chi connectivity index (χ3n) is 3.17. The summed E-state index contributed by atoms with van der Waals surface area (Å²) in [5.74, 6) is -0.295. The van der Waals surface area contributed by atoms with E-state index < -0.39 is 0 Å². The van der Waals surface area contributed by atoms with Crippen molar-refractivity contribution in [1.29, 1.82) is 0 Å². The van der Waals surface area contributed by atoms with Crippen molar-refractivity contribution in [3.8, 4) is 11.5 Å². The zero-order valence-electron chi connectivity index (χ0n) is 10.8. The number of nitrogens with one attached hydrogen (secondary N) is 3. The summed E-state index contributed by atoms with van der Waals surface area (Å²) in [5, 5.41) is 22.4. The summed E-state index contributed by atoms with van der Waals surface area (Å²) >= 11 is 3.42. The van der Waals surface area contributed by atoms with E-state index in [1.165, 1.54) is 6.07 Å². The van der Waals surface area contributed by atoms with Crippen molar-refractivity contribution in [2.45, 2.75) is 6.54 Å². The van der Waals surface area contributed by atoms with Gasteiger partial charge in [0.15, 0.2) is 11.5 Å². The van der Waals surface area contributed by atoms with Gasteiger partial charge in [0.25, 0.3) is 0 Å². The zero-order chi connectivity index (χ0) is 15.0. The zero-order valence-corrected chi connectivity index (χ0v) is 12.4. The number of aromatic hydroxyl groups is 2. The van der Waals surface area contributed by atoms with E-state index in [4.69, 9.17) is 0 Å². The summed E-state index contributed by atoms with van der Waals surface area (Å²) in [7, 11) is 0. The fourth-order valence-electron chi connectivity index (χ4n) is 2.10. The Labute approximate surface area is 127 Å². The lowest BCUT2D eigenvalue weighted by Crippen LogP contribution is -2.00. The third kappa shape index (κ3) is 2.59. The van der Waals surface area contributed by atoms with Crippen LogP contribution < -0.4 is 11.0 Å². The number of aromatic nitrogens is 2. The number of hydrogen-bond donors (Lipinski definition) is 5. The van der Waals surface area contributed by atoms with Crippen molar-refractivity contribution in [3.63, 3.8) is 0 Å². The average molecular weight is 350 g/mol. The van der Waals surface area contributed by atoms with Crippen molar-refractivity contribution in [3.05, 3.63) is 50.9 Å². The molecule has 7 heteroatoms. The smallest absolute Gasteiger partial charge is 0.323 e. The molecule has 0 unspecified atom stereocenters. The quantitative estimate of drug-likeness (QED) is 0.469. The molecule has 1 aromatic heterocycles. The van der Waals surface area contributed by atoms with Crippen LogP contribution in [0.3, 0.4) is 0 Å². The molecule has 0 bridgehead atoms. The Morgan fingerprint density at radius 1 is 1.14 bits per heavy atom. The summed E-state index contributed by atoms with van der Waals surface area (Å²) in [5.41, 5.74) is 2.47. The molecule has 0 aliphatic carbocycles. The highest BCUT2D eigenvalue weighted by Gasteiger charge is 2.08. The van der Waals surface area contributed by atoms with Gasteiger partial charge in [-0.2, -0.15) is 0 Å². The normalized spacial score (nSPS) is 10.9. The second-order valence-electron chi connectivity index (χ2n) is 4.60. The summed E-state index contributed by atoms with van der Waals surface area (Å²) in [4.78, 5) is 16.6. The Balaban J connectivity index is 1.89. The molecule has 0 saturated carbocycles. The molecule has 3 aromatic rings. The minimum atomic E-state index is -0.264. The Bertz CT molecular complexity index is 870. The van der Waals surface area contributed by atoms with Gasteiger partial charge in [0, 0.05) is 16.6 Å². The lowest BCUT2D eigenvalue weighted by atomic mass is 10.2. The van der Waals surface area contributed by atoms with Crippen molar-refractivity contribution in [2.75, 3.05) is 5.32 Å². The molecule has 0 aliphatic heterocycles. The van der Waals surface area contributed by atoms with Crippen LogP contribution in [0.25, 0.3) is 11.0 Å². The monoisotopic (exact) mass is 349 g/mol. The van der Waals surface area contributed by atoms with Gasteiger partial charge in [-0.1, -0.05) is 12.1 Å². The van der Waals surface area contributed by atoms with Crippen molar-refractivity contribution < 1.29 is 10.2 Å². The number of halogens is 1. The van der Waals surface area contributed by atoms with Crippen LogP contribution in [-0.2, 0) is 6.54 Å². The maximum atomic E-state index is 11.3. The SMILES string of the molecule is O=c1[nH]c2cc(Br)c(NCc3cccc(O)c3O)cc2[nH]1. The van der Waals surface area contributed by atoms with Crippen molar-refractivity contribution >= 4 is 32.7 Å². The van der Waals surface area contributed by atoms with E-state index in [2.05, 4.69) is 31.2 Å². The van der Waals surface area contributed by atoms with Crippen LogP contribution in [0, 0.1) is 0 Å². The van der Waals surface area contributed by atoms with Gasteiger partial charge >= 0.3 is 5.69 Å². The molecule has 3 rings (SSSR count). The first-order valence-electron chi connectivity index (χ1n) is 6.20. The molecule has 0 aliphatic rings. The summed E-state index contributed by atoms with van der Waals surface area (Å²) in [6.45, 7) is 0.332. The second kappa shape index (κ2) is 5.17. The highest BCUT2D eigenvalue weighted by molar-refractivity contribution is 9.10. The fraction of sp³-hybridized carbons (Fsp3) is 0.0714. The maximum absolute atomic E-state index is 11.3. The van der Waals surface area contributed by atoms with Gasteiger partial charge in [0.2, 0.25) is 0 Å². The van der Waals surface area contributed by atoms with Gasteiger partial charge < -0.3 is 25.5 Å². The van der Waals surface area contributed by atoms with E-state index in [0.717, 1.165) is 10.2 Å². The number of anilines is 1. The third-order valence-corrected chi connectivity index (χ3v) is 3.83. The minimum Gasteiger partial charge on any atom is -0.504 e. The second-order valence-corrected chi connectivity index (χ2v) is 5.45. The van der Waals surface area contributed by atoms with E-state index in [1.54, 1.807) is 24.3 Å². The fourth-order valence-corrected chi connectivity index (χ4v) is 2.59. The maximum Gasteiger partial charge on any atom is 0.323 e. The highest BCUT2D eigenvalue weighted by atomic mass is 79.9. The number of imidazole rings is 1. The summed E-state index contributed by atoms with van der Waals surface area (Å²) in [6.07, 6.45) is 0. The van der Waals surface area contributed by atoms with E-state index in [9.17, 15) is 15.0 Å². The largest absolute Gasteiger partial charge is 0.504 e. The molecule has 0 radical (unpaired) electrons. The first-order chi connectivity index (χ1) is 10.0. The number of H-pyrrole nitrogens is 2. The van der Waals surface area contributed by atoms with Gasteiger partial charge in [0.1, 0.15) is 0 Å². The molecule has 0 atom stereocenters.